The highest BCUT2D eigenvalue weighted by molar-refractivity contribution is 7.11. The van der Waals surface area contributed by atoms with Crippen molar-refractivity contribution in [2.75, 3.05) is 0 Å². The topological polar surface area (TPSA) is 17.1 Å². The fraction of sp³-hybridized carbons (Fsp3) is 0.500. The summed E-state index contributed by atoms with van der Waals surface area (Å²) in [6.07, 6.45) is 4.86. The summed E-state index contributed by atoms with van der Waals surface area (Å²) in [7, 11) is 0. The Morgan fingerprint density at radius 1 is 1.42 bits per heavy atom. The number of carbonyl (C=O) groups excluding carboxylic acids is 1. The molecule has 0 unspecified atom stereocenters. The minimum Gasteiger partial charge on any atom is -0.303 e. The van der Waals surface area contributed by atoms with E-state index in [1.807, 2.05) is 11.3 Å². The number of unbranched alkanes of at least 4 members (excludes halogenated alkanes) is 1. The molecule has 1 rings (SSSR count). The third kappa shape index (κ3) is 2.78. The van der Waals surface area contributed by atoms with Crippen molar-refractivity contribution in [3.05, 3.63) is 21.9 Å². The van der Waals surface area contributed by atoms with Crippen LogP contribution in [0.3, 0.4) is 0 Å². The van der Waals surface area contributed by atoms with E-state index in [0.29, 0.717) is 6.42 Å². The van der Waals surface area contributed by atoms with Crippen LogP contribution in [0.4, 0.5) is 0 Å². The van der Waals surface area contributed by atoms with Gasteiger partial charge in [-0.3, -0.25) is 0 Å². The summed E-state index contributed by atoms with van der Waals surface area (Å²) < 4.78 is 0. The normalized spacial score (nSPS) is 10.1. The third-order valence-corrected chi connectivity index (χ3v) is 3.10. The lowest BCUT2D eigenvalue weighted by atomic mass is 10.2. The molecule has 0 aliphatic rings. The van der Waals surface area contributed by atoms with E-state index in [1.54, 1.807) is 0 Å². The van der Waals surface area contributed by atoms with Gasteiger partial charge in [0.25, 0.3) is 0 Å². The number of hydrogen-bond acceptors (Lipinski definition) is 2. The summed E-state index contributed by atoms with van der Waals surface area (Å²) in [5.74, 6) is 0. The molecular formula is C10H14OS. The van der Waals surface area contributed by atoms with Crippen molar-refractivity contribution in [1.82, 2.24) is 0 Å². The summed E-state index contributed by atoms with van der Waals surface area (Å²) in [6, 6.07) is 4.36. The van der Waals surface area contributed by atoms with Crippen molar-refractivity contribution in [2.24, 2.45) is 0 Å². The highest BCUT2D eigenvalue weighted by atomic mass is 32.1. The molecule has 66 valence electrons. The van der Waals surface area contributed by atoms with Crippen LogP contribution in [0.1, 0.15) is 29.5 Å². The molecule has 1 heterocycles. The predicted molar refractivity (Wildman–Crippen MR) is 52.7 cm³/mol. The maximum atomic E-state index is 10.1. The second kappa shape index (κ2) is 5.09. The Hall–Kier alpha value is -0.630. The zero-order valence-electron chi connectivity index (χ0n) is 7.38. The van der Waals surface area contributed by atoms with Gasteiger partial charge in [-0.25, -0.2) is 0 Å². The smallest absolute Gasteiger partial charge is 0.120 e. The van der Waals surface area contributed by atoms with E-state index >= 15 is 0 Å². The van der Waals surface area contributed by atoms with Crippen LogP contribution in [0.25, 0.3) is 0 Å². The SMILES string of the molecule is CCc1ccc(CCCC=O)s1. The van der Waals surface area contributed by atoms with E-state index < -0.39 is 0 Å². The first-order valence-corrected chi connectivity index (χ1v) is 5.19. The largest absolute Gasteiger partial charge is 0.303 e. The van der Waals surface area contributed by atoms with Crippen molar-refractivity contribution in [1.29, 1.82) is 0 Å². The van der Waals surface area contributed by atoms with Gasteiger partial charge in [0.1, 0.15) is 6.29 Å². The Balaban J connectivity index is 2.36. The van der Waals surface area contributed by atoms with E-state index in [-0.39, 0.29) is 0 Å². The minimum absolute atomic E-state index is 0.694. The summed E-state index contributed by atoms with van der Waals surface area (Å²) in [5.41, 5.74) is 0. The lowest BCUT2D eigenvalue weighted by Gasteiger charge is -1.91. The van der Waals surface area contributed by atoms with Crippen LogP contribution in [0.5, 0.6) is 0 Å². The van der Waals surface area contributed by atoms with Gasteiger partial charge in [-0.1, -0.05) is 6.92 Å². The molecule has 0 aliphatic carbocycles. The average Bonchev–Trinajstić information content (AvgIpc) is 2.53. The first-order valence-electron chi connectivity index (χ1n) is 4.38. The summed E-state index contributed by atoms with van der Waals surface area (Å²) in [6.45, 7) is 2.17. The van der Waals surface area contributed by atoms with Gasteiger partial charge in [-0.2, -0.15) is 0 Å². The highest BCUT2D eigenvalue weighted by Crippen LogP contribution is 2.18. The molecule has 0 radical (unpaired) electrons. The van der Waals surface area contributed by atoms with Crippen LogP contribution in [0.2, 0.25) is 0 Å². The van der Waals surface area contributed by atoms with Crippen molar-refractivity contribution < 1.29 is 4.79 Å². The molecule has 0 atom stereocenters. The number of aldehydes is 1. The summed E-state index contributed by atoms with van der Waals surface area (Å²) >= 11 is 1.87. The minimum atomic E-state index is 0.694. The van der Waals surface area contributed by atoms with Crippen molar-refractivity contribution in [3.63, 3.8) is 0 Å². The maximum absolute atomic E-state index is 10.1. The molecule has 2 heteroatoms. The number of rotatable bonds is 5. The molecule has 0 saturated heterocycles. The van der Waals surface area contributed by atoms with E-state index in [0.717, 1.165) is 25.5 Å². The molecule has 0 bridgehead atoms. The lowest BCUT2D eigenvalue weighted by molar-refractivity contribution is -0.107. The fourth-order valence-corrected chi connectivity index (χ4v) is 2.11. The molecular weight excluding hydrogens is 168 g/mol. The number of hydrogen-bond donors (Lipinski definition) is 0. The Morgan fingerprint density at radius 3 is 2.75 bits per heavy atom. The second-order valence-corrected chi connectivity index (χ2v) is 4.03. The van der Waals surface area contributed by atoms with Crippen LogP contribution < -0.4 is 0 Å². The van der Waals surface area contributed by atoms with Crippen LogP contribution in [-0.4, -0.2) is 6.29 Å². The van der Waals surface area contributed by atoms with Gasteiger partial charge in [0, 0.05) is 16.2 Å². The van der Waals surface area contributed by atoms with Crippen LogP contribution in [-0.2, 0) is 17.6 Å². The third-order valence-electron chi connectivity index (χ3n) is 1.81. The number of thiophene rings is 1. The molecule has 1 aromatic heterocycles. The Bertz CT molecular complexity index is 240. The summed E-state index contributed by atoms with van der Waals surface area (Å²) in [5, 5.41) is 0. The second-order valence-electron chi connectivity index (χ2n) is 2.78. The van der Waals surface area contributed by atoms with Crippen molar-refractivity contribution in [3.8, 4) is 0 Å². The molecule has 0 saturated carbocycles. The number of aryl methyl sites for hydroxylation is 2. The molecule has 1 nitrogen and oxygen atoms in total. The average molecular weight is 182 g/mol. The van der Waals surface area contributed by atoms with E-state index in [2.05, 4.69) is 19.1 Å². The molecule has 0 fully saturated rings. The van der Waals surface area contributed by atoms with E-state index in [1.165, 1.54) is 9.75 Å². The standard InChI is InChI=1S/C10H14OS/c1-2-9-6-7-10(12-9)5-3-4-8-11/h6-8H,2-5H2,1H3. The maximum Gasteiger partial charge on any atom is 0.120 e. The molecule has 0 aromatic carbocycles. The zero-order chi connectivity index (χ0) is 8.81. The fourth-order valence-electron chi connectivity index (χ4n) is 1.11. The van der Waals surface area contributed by atoms with E-state index in [9.17, 15) is 4.79 Å². The van der Waals surface area contributed by atoms with Gasteiger partial charge in [0.05, 0.1) is 0 Å². The van der Waals surface area contributed by atoms with Gasteiger partial charge >= 0.3 is 0 Å². The Kier molecular flexibility index (Phi) is 4.01. The van der Waals surface area contributed by atoms with Gasteiger partial charge in [0.2, 0.25) is 0 Å². The summed E-state index contributed by atoms with van der Waals surface area (Å²) in [4.78, 5) is 12.9. The van der Waals surface area contributed by atoms with Gasteiger partial charge in [0.15, 0.2) is 0 Å². The lowest BCUT2D eigenvalue weighted by Crippen LogP contribution is -1.80. The first kappa shape index (κ1) is 9.46. The highest BCUT2D eigenvalue weighted by Gasteiger charge is 1.97. The molecule has 1 aromatic rings. The van der Waals surface area contributed by atoms with Crippen molar-refractivity contribution >= 4 is 17.6 Å². The van der Waals surface area contributed by atoms with Crippen LogP contribution >= 0.6 is 11.3 Å². The van der Waals surface area contributed by atoms with Crippen LogP contribution in [0.15, 0.2) is 12.1 Å². The van der Waals surface area contributed by atoms with Gasteiger partial charge < -0.3 is 4.79 Å². The Morgan fingerprint density at radius 2 is 2.17 bits per heavy atom. The van der Waals surface area contributed by atoms with Crippen LogP contribution in [0, 0.1) is 0 Å². The van der Waals surface area contributed by atoms with Crippen molar-refractivity contribution in [2.45, 2.75) is 32.6 Å². The number of carbonyl (C=O) groups is 1. The first-order chi connectivity index (χ1) is 5.86. The molecule has 0 aliphatic heterocycles. The molecule has 0 N–H and O–H groups in total. The van der Waals surface area contributed by atoms with Gasteiger partial charge in [-0.15, -0.1) is 11.3 Å². The quantitative estimate of drug-likeness (QED) is 0.505. The Labute approximate surface area is 77.4 Å². The van der Waals surface area contributed by atoms with E-state index in [4.69, 9.17) is 0 Å². The molecule has 12 heavy (non-hydrogen) atoms. The monoisotopic (exact) mass is 182 g/mol. The zero-order valence-corrected chi connectivity index (χ0v) is 8.19. The predicted octanol–water partition coefficient (Wildman–Crippen LogP) is 2.83. The van der Waals surface area contributed by atoms with Gasteiger partial charge in [-0.05, 0) is 31.4 Å². The molecule has 0 spiro atoms. The molecule has 0 amide bonds.